The van der Waals surface area contributed by atoms with Crippen molar-refractivity contribution in [3.8, 4) is 0 Å². The summed E-state index contributed by atoms with van der Waals surface area (Å²) in [5.41, 5.74) is 6.06. The van der Waals surface area contributed by atoms with Gasteiger partial charge in [-0.05, 0) is 13.0 Å². The van der Waals surface area contributed by atoms with E-state index in [0.717, 1.165) is 6.08 Å². The van der Waals surface area contributed by atoms with Crippen LogP contribution in [0.25, 0.3) is 0 Å². The van der Waals surface area contributed by atoms with E-state index < -0.39 is 5.97 Å². The van der Waals surface area contributed by atoms with Crippen LogP contribution in [0.1, 0.15) is 6.92 Å². The Morgan fingerprint density at radius 1 is 1.50 bits per heavy atom. The summed E-state index contributed by atoms with van der Waals surface area (Å²) < 4.78 is 0. The first-order valence-corrected chi connectivity index (χ1v) is 3.41. The molecule has 0 spiro atoms. The van der Waals surface area contributed by atoms with Gasteiger partial charge >= 0.3 is 5.97 Å². The van der Waals surface area contributed by atoms with E-state index in [2.05, 4.69) is 4.99 Å². The number of carboxylic acids is 1. The second kappa shape index (κ2) is 5.12. The smallest absolute Gasteiger partial charge is 0.328 e. The van der Waals surface area contributed by atoms with Crippen molar-refractivity contribution in [3.05, 3.63) is 23.8 Å². The van der Waals surface area contributed by atoms with Gasteiger partial charge in [0.05, 0.1) is 0 Å². The summed E-state index contributed by atoms with van der Waals surface area (Å²) in [4.78, 5) is 13.9. The van der Waals surface area contributed by atoms with Gasteiger partial charge in [0, 0.05) is 18.7 Å². The van der Waals surface area contributed by atoms with E-state index in [9.17, 15) is 4.79 Å². The fourth-order valence-electron chi connectivity index (χ4n) is 0.620. The molecule has 0 aromatic carbocycles. The highest BCUT2D eigenvalue weighted by Crippen LogP contribution is 1.96. The lowest BCUT2D eigenvalue weighted by Gasteiger charge is -1.97. The quantitative estimate of drug-likeness (QED) is 0.280. The lowest BCUT2D eigenvalue weighted by molar-refractivity contribution is -0.131. The van der Waals surface area contributed by atoms with Crippen molar-refractivity contribution >= 4 is 11.8 Å². The first-order chi connectivity index (χ1) is 5.61. The van der Waals surface area contributed by atoms with Crippen molar-refractivity contribution in [2.45, 2.75) is 6.92 Å². The van der Waals surface area contributed by atoms with Gasteiger partial charge in [0.2, 0.25) is 0 Å². The molecule has 3 N–H and O–H groups in total. The van der Waals surface area contributed by atoms with Crippen LogP contribution in [-0.4, -0.2) is 24.0 Å². The molecular weight excluding hydrogens is 156 g/mol. The summed E-state index contributed by atoms with van der Waals surface area (Å²) >= 11 is 0. The third kappa shape index (κ3) is 3.55. The molecule has 0 aromatic heterocycles. The Labute approximate surface area is 71.1 Å². The topological polar surface area (TPSA) is 75.7 Å². The molecule has 66 valence electrons. The molecule has 0 aliphatic rings. The van der Waals surface area contributed by atoms with Gasteiger partial charge in [0.1, 0.15) is 5.84 Å². The van der Waals surface area contributed by atoms with Gasteiger partial charge in [0.15, 0.2) is 0 Å². The average Bonchev–Trinajstić information content (AvgIpc) is 2.04. The van der Waals surface area contributed by atoms with Crippen molar-refractivity contribution in [2.75, 3.05) is 7.05 Å². The van der Waals surface area contributed by atoms with Crippen LogP contribution in [0.5, 0.6) is 0 Å². The molecule has 4 nitrogen and oxygen atoms in total. The maximum absolute atomic E-state index is 10.1. The van der Waals surface area contributed by atoms with Crippen LogP contribution in [0.15, 0.2) is 28.8 Å². The Morgan fingerprint density at radius 2 is 2.08 bits per heavy atom. The predicted octanol–water partition coefficient (Wildman–Crippen LogP) is 0.560. The molecule has 0 fully saturated rings. The zero-order chi connectivity index (χ0) is 9.56. The van der Waals surface area contributed by atoms with E-state index in [1.807, 2.05) is 0 Å². The Kier molecular flexibility index (Phi) is 4.45. The van der Waals surface area contributed by atoms with E-state index >= 15 is 0 Å². The van der Waals surface area contributed by atoms with Crippen molar-refractivity contribution in [3.63, 3.8) is 0 Å². The van der Waals surface area contributed by atoms with Crippen molar-refractivity contribution in [2.24, 2.45) is 10.7 Å². The van der Waals surface area contributed by atoms with Gasteiger partial charge in [-0.2, -0.15) is 0 Å². The number of aliphatic imine (C=N–C) groups is 1. The standard InChI is InChI=1S/C8H12N2O2/c1-3-6(8(9)10-2)4-5-7(11)12/h3-5H,1-2H3,(H2,9,10)(H,11,12)/b5-4+,6-3-. The molecule has 0 amide bonds. The highest BCUT2D eigenvalue weighted by molar-refractivity contribution is 6.00. The normalized spacial score (nSPS) is 13.8. The maximum Gasteiger partial charge on any atom is 0.328 e. The lowest BCUT2D eigenvalue weighted by atomic mass is 10.2. The van der Waals surface area contributed by atoms with Gasteiger partial charge < -0.3 is 10.8 Å². The van der Waals surface area contributed by atoms with Crippen LogP contribution in [0.2, 0.25) is 0 Å². The Bertz CT molecular complexity index is 252. The zero-order valence-electron chi connectivity index (χ0n) is 7.11. The number of carboxylic acid groups (broad SMARTS) is 1. The number of hydrogen-bond donors (Lipinski definition) is 2. The average molecular weight is 168 g/mol. The van der Waals surface area contributed by atoms with Crippen LogP contribution < -0.4 is 5.73 Å². The van der Waals surface area contributed by atoms with Crippen LogP contribution in [0.3, 0.4) is 0 Å². The Balaban J connectivity index is 4.52. The van der Waals surface area contributed by atoms with Crippen LogP contribution in [0.4, 0.5) is 0 Å². The molecule has 4 heteroatoms. The number of nitrogens with two attached hydrogens (primary N) is 1. The van der Waals surface area contributed by atoms with E-state index in [1.165, 1.54) is 6.08 Å². The molecule has 0 aromatic rings. The second-order valence-corrected chi connectivity index (χ2v) is 2.02. The molecule has 0 rings (SSSR count). The summed E-state index contributed by atoms with van der Waals surface area (Å²) in [6, 6.07) is 0. The largest absolute Gasteiger partial charge is 0.478 e. The second-order valence-electron chi connectivity index (χ2n) is 2.02. The fourth-order valence-corrected chi connectivity index (χ4v) is 0.620. The van der Waals surface area contributed by atoms with E-state index in [1.54, 1.807) is 20.0 Å². The van der Waals surface area contributed by atoms with Crippen LogP contribution in [0, 0.1) is 0 Å². The van der Waals surface area contributed by atoms with Crippen molar-refractivity contribution in [1.82, 2.24) is 0 Å². The third-order valence-corrected chi connectivity index (χ3v) is 1.25. The van der Waals surface area contributed by atoms with E-state index in [0.29, 0.717) is 11.4 Å². The van der Waals surface area contributed by atoms with Gasteiger partial charge in [-0.3, -0.25) is 4.99 Å². The summed E-state index contributed by atoms with van der Waals surface area (Å²) in [7, 11) is 1.55. The SMILES string of the molecule is C/C=C(/C=C/C(=O)O)C(N)=NC. The summed E-state index contributed by atoms with van der Waals surface area (Å²) in [6.07, 6.45) is 4.12. The third-order valence-electron chi connectivity index (χ3n) is 1.25. The number of hydrogen-bond acceptors (Lipinski definition) is 2. The molecular formula is C8H12N2O2. The summed E-state index contributed by atoms with van der Waals surface area (Å²) in [5, 5.41) is 8.32. The van der Waals surface area contributed by atoms with E-state index in [-0.39, 0.29) is 0 Å². The summed E-state index contributed by atoms with van der Waals surface area (Å²) in [5.74, 6) is -0.673. The minimum atomic E-state index is -1.00. The van der Waals surface area contributed by atoms with Crippen LogP contribution >= 0.6 is 0 Å². The number of nitrogens with zero attached hydrogens (tertiary/aromatic N) is 1. The molecule has 0 heterocycles. The minimum absolute atomic E-state index is 0.329. The molecule has 0 atom stereocenters. The first kappa shape index (κ1) is 10.4. The highest BCUT2D eigenvalue weighted by Gasteiger charge is 1.95. The van der Waals surface area contributed by atoms with Gasteiger partial charge in [-0.15, -0.1) is 0 Å². The van der Waals surface area contributed by atoms with Gasteiger partial charge in [-0.1, -0.05) is 6.08 Å². The number of allylic oxidation sites excluding steroid dienone is 1. The number of amidine groups is 1. The highest BCUT2D eigenvalue weighted by atomic mass is 16.4. The lowest BCUT2D eigenvalue weighted by Crippen LogP contribution is -2.13. The number of carbonyl (C=O) groups is 1. The Hall–Kier alpha value is -1.58. The van der Waals surface area contributed by atoms with E-state index in [4.69, 9.17) is 10.8 Å². The fraction of sp³-hybridized carbons (Fsp3) is 0.250. The Morgan fingerprint density at radius 3 is 2.42 bits per heavy atom. The van der Waals surface area contributed by atoms with Gasteiger partial charge in [0.25, 0.3) is 0 Å². The molecule has 0 aliphatic heterocycles. The van der Waals surface area contributed by atoms with Crippen molar-refractivity contribution in [1.29, 1.82) is 0 Å². The summed E-state index contributed by atoms with van der Waals surface area (Å²) in [6.45, 7) is 1.76. The molecule has 0 aliphatic carbocycles. The number of rotatable bonds is 3. The first-order valence-electron chi connectivity index (χ1n) is 3.41. The molecule has 0 bridgehead atoms. The molecule has 0 unspecified atom stereocenters. The minimum Gasteiger partial charge on any atom is -0.478 e. The molecule has 0 saturated carbocycles. The molecule has 12 heavy (non-hydrogen) atoms. The number of aliphatic carboxylic acids is 1. The monoisotopic (exact) mass is 168 g/mol. The van der Waals surface area contributed by atoms with Crippen molar-refractivity contribution < 1.29 is 9.90 Å². The zero-order valence-corrected chi connectivity index (χ0v) is 7.11. The molecule has 0 radical (unpaired) electrons. The van der Waals surface area contributed by atoms with Gasteiger partial charge in [-0.25, -0.2) is 4.79 Å². The molecule has 0 saturated heterocycles. The maximum atomic E-state index is 10.1. The predicted molar refractivity (Wildman–Crippen MR) is 48.1 cm³/mol. The van der Waals surface area contributed by atoms with Crippen LogP contribution in [-0.2, 0) is 4.79 Å².